The average molecular weight is 237 g/mol. The molecule has 0 bridgehead atoms. The lowest BCUT2D eigenvalue weighted by molar-refractivity contribution is 0.0902. The molecule has 2 unspecified atom stereocenters. The minimum Gasteiger partial charge on any atom is -0.392 e. The summed E-state index contributed by atoms with van der Waals surface area (Å²) in [6.07, 6.45) is 3.98. The van der Waals surface area contributed by atoms with Gasteiger partial charge in [-0.25, -0.2) is 4.39 Å². The molecule has 1 fully saturated rings. The van der Waals surface area contributed by atoms with Crippen molar-refractivity contribution in [2.75, 3.05) is 0 Å². The van der Waals surface area contributed by atoms with Gasteiger partial charge in [-0.1, -0.05) is 18.9 Å². The van der Waals surface area contributed by atoms with E-state index in [4.69, 9.17) is 0 Å². The third-order valence-corrected chi connectivity index (χ3v) is 3.59. The Morgan fingerprint density at radius 2 is 2.12 bits per heavy atom. The molecule has 1 saturated carbocycles. The van der Waals surface area contributed by atoms with Crippen LogP contribution >= 0.6 is 0 Å². The van der Waals surface area contributed by atoms with E-state index in [2.05, 4.69) is 5.32 Å². The molecular weight excluding hydrogens is 217 g/mol. The molecule has 0 radical (unpaired) electrons. The van der Waals surface area contributed by atoms with E-state index in [1.54, 1.807) is 6.07 Å². The molecule has 0 aromatic heterocycles. The summed E-state index contributed by atoms with van der Waals surface area (Å²) in [6.45, 7) is 2.62. The first-order valence-electron chi connectivity index (χ1n) is 6.33. The van der Waals surface area contributed by atoms with Crippen LogP contribution in [0.3, 0.4) is 0 Å². The first-order chi connectivity index (χ1) is 8.16. The van der Waals surface area contributed by atoms with Crippen LogP contribution in [-0.4, -0.2) is 17.3 Å². The second-order valence-electron chi connectivity index (χ2n) is 4.91. The standard InChI is InChI=1S/C14H20FNO/c1-10-8-12(15)7-6-11(10)9-16-13-4-2-3-5-14(13)17/h6-8,13-14,16-17H,2-5,9H2,1H3. The lowest BCUT2D eigenvalue weighted by Crippen LogP contribution is -2.41. The van der Waals surface area contributed by atoms with Gasteiger partial charge in [-0.2, -0.15) is 0 Å². The van der Waals surface area contributed by atoms with Gasteiger partial charge >= 0.3 is 0 Å². The third-order valence-electron chi connectivity index (χ3n) is 3.59. The van der Waals surface area contributed by atoms with Crippen molar-refractivity contribution in [2.24, 2.45) is 0 Å². The van der Waals surface area contributed by atoms with Crippen LogP contribution in [-0.2, 0) is 6.54 Å². The van der Waals surface area contributed by atoms with Crippen LogP contribution in [0.1, 0.15) is 36.8 Å². The van der Waals surface area contributed by atoms with E-state index < -0.39 is 0 Å². The van der Waals surface area contributed by atoms with Gasteiger partial charge in [-0.3, -0.25) is 0 Å². The Morgan fingerprint density at radius 3 is 2.82 bits per heavy atom. The summed E-state index contributed by atoms with van der Waals surface area (Å²) in [7, 11) is 0. The highest BCUT2D eigenvalue weighted by Crippen LogP contribution is 2.19. The second kappa shape index (κ2) is 5.61. The number of nitrogens with one attached hydrogen (secondary N) is 1. The first-order valence-corrected chi connectivity index (χ1v) is 6.33. The summed E-state index contributed by atoms with van der Waals surface area (Å²) in [5.41, 5.74) is 2.06. The number of aryl methyl sites for hydroxylation is 1. The van der Waals surface area contributed by atoms with Crippen molar-refractivity contribution in [3.63, 3.8) is 0 Å². The van der Waals surface area contributed by atoms with Crippen LogP contribution in [0, 0.1) is 12.7 Å². The SMILES string of the molecule is Cc1cc(F)ccc1CNC1CCCCC1O. The predicted molar refractivity (Wildman–Crippen MR) is 66.2 cm³/mol. The molecule has 1 aromatic rings. The van der Waals surface area contributed by atoms with Gasteiger partial charge in [0.15, 0.2) is 0 Å². The molecule has 0 aliphatic heterocycles. The smallest absolute Gasteiger partial charge is 0.123 e. The molecule has 17 heavy (non-hydrogen) atoms. The molecule has 2 rings (SSSR count). The molecule has 0 spiro atoms. The van der Waals surface area contributed by atoms with Crippen LogP contribution in [0.5, 0.6) is 0 Å². The highest BCUT2D eigenvalue weighted by atomic mass is 19.1. The molecule has 0 amide bonds. The van der Waals surface area contributed by atoms with Gasteiger partial charge in [0.05, 0.1) is 6.10 Å². The summed E-state index contributed by atoms with van der Waals surface area (Å²) >= 11 is 0. The molecule has 2 N–H and O–H groups in total. The van der Waals surface area contributed by atoms with Gasteiger partial charge in [0.25, 0.3) is 0 Å². The number of benzene rings is 1. The molecule has 0 saturated heterocycles. The van der Waals surface area contributed by atoms with Gasteiger partial charge < -0.3 is 10.4 Å². The Kier molecular flexibility index (Phi) is 4.13. The van der Waals surface area contributed by atoms with Gasteiger partial charge in [-0.15, -0.1) is 0 Å². The fourth-order valence-electron chi connectivity index (χ4n) is 2.45. The van der Waals surface area contributed by atoms with E-state index >= 15 is 0 Å². The van der Waals surface area contributed by atoms with Crippen LogP contribution in [0.25, 0.3) is 0 Å². The lowest BCUT2D eigenvalue weighted by atomic mass is 9.92. The van der Waals surface area contributed by atoms with Gasteiger partial charge in [0.2, 0.25) is 0 Å². The Bertz CT molecular complexity index is 380. The largest absolute Gasteiger partial charge is 0.392 e. The predicted octanol–water partition coefficient (Wildman–Crippen LogP) is 2.53. The van der Waals surface area contributed by atoms with Crippen LogP contribution in [0.4, 0.5) is 4.39 Å². The molecule has 2 nitrogen and oxygen atoms in total. The fraction of sp³-hybridized carbons (Fsp3) is 0.571. The van der Waals surface area contributed by atoms with Crippen molar-refractivity contribution in [1.82, 2.24) is 5.32 Å². The van der Waals surface area contributed by atoms with Crippen LogP contribution < -0.4 is 5.32 Å². The number of hydrogen-bond acceptors (Lipinski definition) is 2. The zero-order valence-corrected chi connectivity index (χ0v) is 10.2. The highest BCUT2D eigenvalue weighted by Gasteiger charge is 2.22. The molecule has 3 heteroatoms. The summed E-state index contributed by atoms with van der Waals surface area (Å²) < 4.78 is 12.9. The maximum Gasteiger partial charge on any atom is 0.123 e. The summed E-state index contributed by atoms with van der Waals surface area (Å²) in [4.78, 5) is 0. The second-order valence-corrected chi connectivity index (χ2v) is 4.91. The van der Waals surface area contributed by atoms with Crippen molar-refractivity contribution in [2.45, 2.75) is 51.3 Å². The Labute approximate surface area is 102 Å². The molecule has 1 aliphatic rings. The number of aliphatic hydroxyl groups excluding tert-OH is 1. The number of aliphatic hydroxyl groups is 1. The molecule has 94 valence electrons. The van der Waals surface area contributed by atoms with Crippen molar-refractivity contribution in [3.05, 3.63) is 35.1 Å². The quantitative estimate of drug-likeness (QED) is 0.846. The fourth-order valence-corrected chi connectivity index (χ4v) is 2.45. The van der Waals surface area contributed by atoms with Crippen molar-refractivity contribution < 1.29 is 9.50 Å². The Hall–Kier alpha value is -0.930. The minimum absolute atomic E-state index is 0.188. The minimum atomic E-state index is -0.232. The van der Waals surface area contributed by atoms with Gasteiger partial charge in [-0.05, 0) is 43.0 Å². The zero-order chi connectivity index (χ0) is 12.3. The average Bonchev–Trinajstić information content (AvgIpc) is 2.30. The van der Waals surface area contributed by atoms with Crippen molar-refractivity contribution >= 4 is 0 Å². The number of hydrogen-bond donors (Lipinski definition) is 2. The van der Waals surface area contributed by atoms with Crippen molar-refractivity contribution in [3.8, 4) is 0 Å². The molecular formula is C14H20FNO. The van der Waals surface area contributed by atoms with Crippen LogP contribution in [0.15, 0.2) is 18.2 Å². The lowest BCUT2D eigenvalue weighted by Gasteiger charge is -2.28. The van der Waals surface area contributed by atoms with E-state index in [0.29, 0.717) is 6.54 Å². The molecule has 0 heterocycles. The monoisotopic (exact) mass is 237 g/mol. The maximum atomic E-state index is 12.9. The normalized spacial score (nSPS) is 24.9. The van der Waals surface area contributed by atoms with Crippen LogP contribution in [0.2, 0.25) is 0 Å². The summed E-state index contributed by atoms with van der Waals surface area (Å²) in [5, 5.41) is 13.2. The summed E-state index contributed by atoms with van der Waals surface area (Å²) in [5.74, 6) is -0.191. The number of halogens is 1. The van der Waals surface area contributed by atoms with E-state index in [-0.39, 0.29) is 18.0 Å². The van der Waals surface area contributed by atoms with Gasteiger partial charge in [0, 0.05) is 12.6 Å². The molecule has 1 aromatic carbocycles. The Balaban J connectivity index is 1.92. The van der Waals surface area contributed by atoms with E-state index in [1.807, 2.05) is 13.0 Å². The third kappa shape index (κ3) is 3.27. The zero-order valence-electron chi connectivity index (χ0n) is 10.2. The van der Waals surface area contributed by atoms with Gasteiger partial charge in [0.1, 0.15) is 5.82 Å². The summed E-state index contributed by atoms with van der Waals surface area (Å²) in [6, 6.07) is 5.04. The topological polar surface area (TPSA) is 32.3 Å². The van der Waals surface area contributed by atoms with E-state index in [0.717, 1.165) is 30.4 Å². The highest BCUT2D eigenvalue weighted by molar-refractivity contribution is 5.26. The number of rotatable bonds is 3. The molecule has 2 atom stereocenters. The Morgan fingerprint density at radius 1 is 1.35 bits per heavy atom. The van der Waals surface area contributed by atoms with Crippen molar-refractivity contribution in [1.29, 1.82) is 0 Å². The van der Waals surface area contributed by atoms with E-state index in [9.17, 15) is 9.50 Å². The molecule has 1 aliphatic carbocycles. The maximum absolute atomic E-state index is 12.9. The van der Waals surface area contributed by atoms with E-state index in [1.165, 1.54) is 12.5 Å². The first kappa shape index (κ1) is 12.5.